The first kappa shape index (κ1) is 18.1. The summed E-state index contributed by atoms with van der Waals surface area (Å²) in [6.45, 7) is 0.233. The van der Waals surface area contributed by atoms with Crippen LogP contribution >= 0.6 is 0 Å². The summed E-state index contributed by atoms with van der Waals surface area (Å²) in [5.74, 6) is 0.128. The van der Waals surface area contributed by atoms with Crippen LogP contribution < -0.4 is 9.47 Å². The maximum absolute atomic E-state index is 12.5. The number of hydrogen-bond acceptors (Lipinski definition) is 6. The second kappa shape index (κ2) is 7.52. The number of phenols is 1. The van der Waals surface area contributed by atoms with Crippen LogP contribution in [0.25, 0.3) is 0 Å². The van der Waals surface area contributed by atoms with E-state index in [0.717, 1.165) is 17.7 Å². The van der Waals surface area contributed by atoms with Crippen LogP contribution in [-0.4, -0.2) is 42.1 Å². The zero-order valence-electron chi connectivity index (χ0n) is 14.1. The van der Waals surface area contributed by atoms with Crippen molar-refractivity contribution in [3.8, 4) is 17.2 Å². The van der Waals surface area contributed by atoms with Crippen LogP contribution in [0.4, 0.5) is 5.69 Å². The van der Waals surface area contributed by atoms with Crippen molar-refractivity contribution in [1.82, 2.24) is 4.90 Å². The highest BCUT2D eigenvalue weighted by Gasteiger charge is 2.20. The van der Waals surface area contributed by atoms with Crippen molar-refractivity contribution in [3.63, 3.8) is 0 Å². The highest BCUT2D eigenvalue weighted by atomic mass is 16.6. The molecule has 0 aliphatic carbocycles. The molecule has 8 heteroatoms. The van der Waals surface area contributed by atoms with Crippen molar-refractivity contribution in [2.75, 3.05) is 21.3 Å². The van der Waals surface area contributed by atoms with Crippen molar-refractivity contribution in [1.29, 1.82) is 0 Å². The number of amides is 1. The van der Waals surface area contributed by atoms with Crippen molar-refractivity contribution < 1.29 is 24.3 Å². The SMILES string of the molecule is COc1cccc(CN(C)C(=O)c2ccc([N+](=O)[O-])c(O)c2)c1OC. The molecule has 0 aliphatic heterocycles. The van der Waals surface area contributed by atoms with Crippen LogP contribution in [0.3, 0.4) is 0 Å². The number of nitrogens with zero attached hydrogens (tertiary/aromatic N) is 2. The Balaban J connectivity index is 2.24. The monoisotopic (exact) mass is 346 g/mol. The number of rotatable bonds is 6. The Morgan fingerprint density at radius 2 is 1.96 bits per heavy atom. The first-order valence-electron chi connectivity index (χ1n) is 7.31. The lowest BCUT2D eigenvalue weighted by Crippen LogP contribution is -2.26. The molecule has 25 heavy (non-hydrogen) atoms. The number of benzene rings is 2. The number of carbonyl (C=O) groups is 1. The fraction of sp³-hybridized carbons (Fsp3) is 0.235. The molecule has 1 N–H and O–H groups in total. The van der Waals surface area contributed by atoms with Crippen LogP contribution in [0.15, 0.2) is 36.4 Å². The number of carbonyl (C=O) groups excluding carboxylic acids is 1. The van der Waals surface area contributed by atoms with Gasteiger partial charge in [0.2, 0.25) is 0 Å². The number of aromatic hydroxyl groups is 1. The van der Waals surface area contributed by atoms with Crippen molar-refractivity contribution >= 4 is 11.6 Å². The normalized spacial score (nSPS) is 10.2. The maximum Gasteiger partial charge on any atom is 0.310 e. The molecule has 2 aromatic rings. The van der Waals surface area contributed by atoms with E-state index in [4.69, 9.17) is 9.47 Å². The summed E-state index contributed by atoms with van der Waals surface area (Å²) in [7, 11) is 4.62. The molecule has 0 spiro atoms. The predicted molar refractivity (Wildman–Crippen MR) is 90.1 cm³/mol. The molecule has 2 aromatic carbocycles. The van der Waals surface area contributed by atoms with Crippen molar-refractivity contribution in [3.05, 3.63) is 57.6 Å². The summed E-state index contributed by atoms with van der Waals surface area (Å²) in [6.07, 6.45) is 0. The predicted octanol–water partition coefficient (Wildman–Crippen LogP) is 2.59. The topological polar surface area (TPSA) is 102 Å². The number of ether oxygens (including phenoxy) is 2. The minimum Gasteiger partial charge on any atom is -0.502 e. The minimum absolute atomic E-state index is 0.146. The number of hydrogen-bond donors (Lipinski definition) is 1. The quantitative estimate of drug-likeness (QED) is 0.637. The molecule has 1 amide bonds. The number of phenolic OH excluding ortho intramolecular Hbond substituents is 1. The summed E-state index contributed by atoms with van der Waals surface area (Å²) in [5, 5.41) is 20.4. The van der Waals surface area contributed by atoms with Crippen LogP contribution in [0.1, 0.15) is 15.9 Å². The summed E-state index contributed by atoms with van der Waals surface area (Å²) >= 11 is 0. The first-order valence-corrected chi connectivity index (χ1v) is 7.31. The van der Waals surface area contributed by atoms with Gasteiger partial charge >= 0.3 is 5.69 Å². The Kier molecular flexibility index (Phi) is 5.43. The fourth-order valence-corrected chi connectivity index (χ4v) is 2.44. The molecule has 0 aliphatic rings. The lowest BCUT2D eigenvalue weighted by Gasteiger charge is -2.20. The van der Waals surface area contributed by atoms with Crippen molar-refractivity contribution in [2.24, 2.45) is 0 Å². The van der Waals surface area contributed by atoms with Crippen LogP contribution in [0.2, 0.25) is 0 Å². The third-order valence-electron chi connectivity index (χ3n) is 3.66. The lowest BCUT2D eigenvalue weighted by molar-refractivity contribution is -0.385. The summed E-state index contributed by atoms with van der Waals surface area (Å²) in [4.78, 5) is 23.9. The molecule has 0 saturated heterocycles. The molecule has 2 rings (SSSR count). The maximum atomic E-state index is 12.5. The Labute approximate surface area is 144 Å². The average Bonchev–Trinajstić information content (AvgIpc) is 2.60. The lowest BCUT2D eigenvalue weighted by atomic mass is 10.1. The van der Waals surface area contributed by atoms with E-state index in [1.54, 1.807) is 25.2 Å². The molecule has 0 radical (unpaired) electrons. The van der Waals surface area contributed by atoms with Gasteiger partial charge in [-0.25, -0.2) is 0 Å². The van der Waals surface area contributed by atoms with Crippen LogP contribution in [-0.2, 0) is 6.54 Å². The van der Waals surface area contributed by atoms with Gasteiger partial charge < -0.3 is 19.5 Å². The third kappa shape index (κ3) is 3.79. The van der Waals surface area contributed by atoms with Gasteiger partial charge in [0.1, 0.15) is 0 Å². The van der Waals surface area contributed by atoms with Gasteiger partial charge in [0, 0.05) is 30.8 Å². The number of para-hydroxylation sites is 1. The number of nitro groups is 1. The van der Waals surface area contributed by atoms with Gasteiger partial charge in [-0.3, -0.25) is 14.9 Å². The summed E-state index contributed by atoms with van der Waals surface area (Å²) in [5.41, 5.74) is 0.435. The Morgan fingerprint density at radius 3 is 2.52 bits per heavy atom. The molecule has 0 heterocycles. The second-order valence-corrected chi connectivity index (χ2v) is 5.27. The van der Waals surface area contributed by atoms with Gasteiger partial charge in [-0.05, 0) is 18.2 Å². The van der Waals surface area contributed by atoms with E-state index in [1.807, 2.05) is 0 Å². The Morgan fingerprint density at radius 1 is 1.24 bits per heavy atom. The number of nitro benzene ring substituents is 1. The molecule has 0 atom stereocenters. The largest absolute Gasteiger partial charge is 0.502 e. The second-order valence-electron chi connectivity index (χ2n) is 5.27. The summed E-state index contributed by atoms with van der Waals surface area (Å²) in [6, 6.07) is 8.82. The Hall–Kier alpha value is -3.29. The molecule has 8 nitrogen and oxygen atoms in total. The average molecular weight is 346 g/mol. The van der Waals surface area contributed by atoms with E-state index in [2.05, 4.69) is 0 Å². The van der Waals surface area contributed by atoms with Gasteiger partial charge in [-0.1, -0.05) is 12.1 Å². The zero-order chi connectivity index (χ0) is 18.6. The van der Waals surface area contributed by atoms with E-state index in [-0.39, 0.29) is 12.1 Å². The third-order valence-corrected chi connectivity index (χ3v) is 3.66. The number of methoxy groups -OCH3 is 2. The first-order chi connectivity index (χ1) is 11.9. The molecular formula is C17H18N2O6. The van der Waals surface area contributed by atoms with Gasteiger partial charge in [-0.15, -0.1) is 0 Å². The smallest absolute Gasteiger partial charge is 0.310 e. The van der Waals surface area contributed by atoms with Crippen LogP contribution in [0, 0.1) is 10.1 Å². The molecular weight excluding hydrogens is 328 g/mol. The van der Waals surface area contributed by atoms with E-state index in [9.17, 15) is 20.0 Å². The van der Waals surface area contributed by atoms with Gasteiger partial charge in [0.25, 0.3) is 5.91 Å². The van der Waals surface area contributed by atoms with Gasteiger partial charge in [0.05, 0.1) is 19.1 Å². The van der Waals surface area contributed by atoms with E-state index in [1.165, 1.54) is 25.2 Å². The standard InChI is InChI=1S/C17H18N2O6/c1-18(10-12-5-4-6-15(24-2)16(12)25-3)17(21)11-7-8-13(19(22)23)14(20)9-11/h4-9,20H,10H2,1-3H3. The van der Waals surface area contributed by atoms with Crippen LogP contribution in [0.5, 0.6) is 17.2 Å². The molecule has 0 bridgehead atoms. The van der Waals surface area contributed by atoms with E-state index in [0.29, 0.717) is 11.5 Å². The molecule has 0 fully saturated rings. The highest BCUT2D eigenvalue weighted by Crippen LogP contribution is 2.32. The molecule has 0 aromatic heterocycles. The minimum atomic E-state index is -0.714. The van der Waals surface area contributed by atoms with Gasteiger partial charge in [0.15, 0.2) is 17.2 Å². The van der Waals surface area contributed by atoms with E-state index >= 15 is 0 Å². The summed E-state index contributed by atoms with van der Waals surface area (Å²) < 4.78 is 10.6. The molecule has 132 valence electrons. The van der Waals surface area contributed by atoms with Gasteiger partial charge in [-0.2, -0.15) is 0 Å². The fourth-order valence-electron chi connectivity index (χ4n) is 2.44. The van der Waals surface area contributed by atoms with E-state index < -0.39 is 22.3 Å². The zero-order valence-corrected chi connectivity index (χ0v) is 14.1. The molecule has 0 saturated carbocycles. The Bertz CT molecular complexity index is 806. The van der Waals surface area contributed by atoms with Crippen molar-refractivity contribution in [2.45, 2.75) is 6.54 Å². The molecule has 0 unspecified atom stereocenters. The highest BCUT2D eigenvalue weighted by molar-refractivity contribution is 5.94.